The second-order valence-electron chi connectivity index (χ2n) is 8.61. The van der Waals surface area contributed by atoms with Crippen LogP contribution in [0.4, 0.5) is 4.79 Å². The van der Waals surface area contributed by atoms with E-state index < -0.39 is 29.8 Å². The van der Waals surface area contributed by atoms with E-state index in [0.717, 1.165) is 6.42 Å². The lowest BCUT2D eigenvalue weighted by atomic mass is 10.1. The maximum absolute atomic E-state index is 13.2. The number of nitrogens with zero attached hydrogens (tertiary/aromatic N) is 4. The van der Waals surface area contributed by atoms with Crippen molar-refractivity contribution in [2.75, 3.05) is 13.1 Å². The Morgan fingerprint density at radius 1 is 1.23 bits per heavy atom. The van der Waals surface area contributed by atoms with Crippen molar-refractivity contribution in [3.63, 3.8) is 0 Å². The fourth-order valence-electron chi connectivity index (χ4n) is 3.83. The number of amides is 3. The normalized spacial score (nSPS) is 23.7. The molecule has 0 radical (unpaired) electrons. The van der Waals surface area contributed by atoms with E-state index in [4.69, 9.17) is 4.74 Å². The molecule has 0 aromatic carbocycles. The average molecular weight is 413 g/mol. The van der Waals surface area contributed by atoms with Crippen LogP contribution < -0.4 is 5.32 Å². The Balaban J connectivity index is 1.77. The number of carbonyl (C=O) groups excluding carboxylic acids is 3. The van der Waals surface area contributed by atoms with E-state index in [9.17, 15) is 19.6 Å². The molecule has 2 saturated heterocycles. The lowest BCUT2D eigenvalue weighted by Crippen LogP contribution is -2.50. The molecular weight excluding hydrogens is 386 g/mol. The SMILES string of the molecule is CC(C)(C)OC(=O)N1C[C@@H](NC(=O)c2ccncc2)C[C@H]1C(=O)N1CCC[C@H]1C#N. The fraction of sp³-hybridized carbons (Fsp3) is 0.571. The van der Waals surface area contributed by atoms with Crippen LogP contribution >= 0.6 is 0 Å². The van der Waals surface area contributed by atoms with Gasteiger partial charge in [-0.2, -0.15) is 5.26 Å². The van der Waals surface area contributed by atoms with Crippen LogP contribution in [-0.2, 0) is 9.53 Å². The van der Waals surface area contributed by atoms with Gasteiger partial charge in [-0.15, -0.1) is 0 Å². The summed E-state index contributed by atoms with van der Waals surface area (Å²) in [5.41, 5.74) is -0.265. The summed E-state index contributed by atoms with van der Waals surface area (Å²) >= 11 is 0. The van der Waals surface area contributed by atoms with Crippen molar-refractivity contribution < 1.29 is 19.1 Å². The molecule has 0 unspecified atom stereocenters. The van der Waals surface area contributed by atoms with Gasteiger partial charge in [0.15, 0.2) is 0 Å². The number of hydrogen-bond donors (Lipinski definition) is 1. The van der Waals surface area contributed by atoms with Gasteiger partial charge < -0.3 is 15.0 Å². The van der Waals surface area contributed by atoms with E-state index in [2.05, 4.69) is 16.4 Å². The number of pyridine rings is 1. The Bertz CT molecular complexity index is 845. The maximum Gasteiger partial charge on any atom is 0.411 e. The van der Waals surface area contributed by atoms with Gasteiger partial charge in [-0.25, -0.2) is 4.79 Å². The lowest BCUT2D eigenvalue weighted by Gasteiger charge is -2.30. The molecule has 3 heterocycles. The lowest BCUT2D eigenvalue weighted by molar-refractivity contribution is -0.135. The maximum atomic E-state index is 13.2. The molecule has 0 bridgehead atoms. The number of carbonyl (C=O) groups is 3. The summed E-state index contributed by atoms with van der Waals surface area (Å²) in [5, 5.41) is 12.2. The molecule has 30 heavy (non-hydrogen) atoms. The van der Waals surface area contributed by atoms with Gasteiger partial charge in [0.1, 0.15) is 17.7 Å². The molecule has 2 fully saturated rings. The van der Waals surface area contributed by atoms with Crippen LogP contribution in [0.5, 0.6) is 0 Å². The third kappa shape index (κ3) is 4.87. The zero-order valence-electron chi connectivity index (χ0n) is 17.5. The Morgan fingerprint density at radius 2 is 1.93 bits per heavy atom. The first kappa shape index (κ1) is 21.6. The summed E-state index contributed by atoms with van der Waals surface area (Å²) in [6.45, 7) is 5.92. The van der Waals surface area contributed by atoms with E-state index in [0.29, 0.717) is 18.5 Å². The number of rotatable bonds is 3. The zero-order valence-corrected chi connectivity index (χ0v) is 17.5. The van der Waals surface area contributed by atoms with Crippen molar-refractivity contribution in [3.05, 3.63) is 30.1 Å². The fourth-order valence-corrected chi connectivity index (χ4v) is 3.83. The minimum atomic E-state index is -0.781. The molecular formula is C21H27N5O4. The third-order valence-electron chi connectivity index (χ3n) is 5.18. The predicted octanol–water partition coefficient (Wildman–Crippen LogP) is 1.70. The van der Waals surface area contributed by atoms with Gasteiger partial charge in [-0.3, -0.25) is 19.5 Å². The van der Waals surface area contributed by atoms with Gasteiger partial charge in [0.25, 0.3) is 5.91 Å². The van der Waals surface area contributed by atoms with Gasteiger partial charge in [0, 0.05) is 37.1 Å². The molecule has 0 spiro atoms. The molecule has 9 heteroatoms. The van der Waals surface area contributed by atoms with Gasteiger partial charge in [-0.05, 0) is 52.2 Å². The Hall–Kier alpha value is -3.15. The van der Waals surface area contributed by atoms with Crippen LogP contribution in [0.25, 0.3) is 0 Å². The summed E-state index contributed by atoms with van der Waals surface area (Å²) in [7, 11) is 0. The van der Waals surface area contributed by atoms with Crippen LogP contribution in [0.2, 0.25) is 0 Å². The van der Waals surface area contributed by atoms with Crippen molar-refractivity contribution in [1.82, 2.24) is 20.1 Å². The van der Waals surface area contributed by atoms with E-state index >= 15 is 0 Å². The van der Waals surface area contributed by atoms with Crippen molar-refractivity contribution in [2.45, 2.75) is 63.8 Å². The molecule has 1 N–H and O–H groups in total. The molecule has 1 aromatic heterocycles. The molecule has 160 valence electrons. The Morgan fingerprint density at radius 3 is 2.57 bits per heavy atom. The molecule has 3 amide bonds. The number of nitrogens with one attached hydrogen (secondary N) is 1. The second-order valence-corrected chi connectivity index (χ2v) is 8.61. The summed E-state index contributed by atoms with van der Waals surface area (Å²) in [4.78, 5) is 45.3. The van der Waals surface area contributed by atoms with E-state index in [1.54, 1.807) is 32.9 Å². The van der Waals surface area contributed by atoms with Gasteiger partial charge >= 0.3 is 6.09 Å². The highest BCUT2D eigenvalue weighted by molar-refractivity contribution is 5.94. The highest BCUT2D eigenvalue weighted by atomic mass is 16.6. The van der Waals surface area contributed by atoms with Crippen LogP contribution in [0, 0.1) is 11.3 Å². The molecule has 2 aliphatic heterocycles. The molecule has 2 aliphatic rings. The predicted molar refractivity (Wildman–Crippen MR) is 107 cm³/mol. The largest absolute Gasteiger partial charge is 0.444 e. The molecule has 0 aliphatic carbocycles. The van der Waals surface area contributed by atoms with Crippen LogP contribution in [0.3, 0.4) is 0 Å². The highest BCUT2D eigenvalue weighted by Crippen LogP contribution is 2.26. The third-order valence-corrected chi connectivity index (χ3v) is 5.18. The Kier molecular flexibility index (Phi) is 6.25. The molecule has 3 rings (SSSR count). The monoisotopic (exact) mass is 413 g/mol. The van der Waals surface area contributed by atoms with Crippen molar-refractivity contribution in [2.24, 2.45) is 0 Å². The quantitative estimate of drug-likeness (QED) is 0.806. The minimum Gasteiger partial charge on any atom is -0.444 e. The highest BCUT2D eigenvalue weighted by Gasteiger charge is 2.45. The smallest absolute Gasteiger partial charge is 0.411 e. The molecule has 3 atom stereocenters. The number of ether oxygens (including phenoxy) is 1. The molecule has 9 nitrogen and oxygen atoms in total. The topological polar surface area (TPSA) is 116 Å². The van der Waals surface area contributed by atoms with Crippen molar-refractivity contribution in [3.8, 4) is 6.07 Å². The van der Waals surface area contributed by atoms with Crippen LogP contribution in [0.15, 0.2) is 24.5 Å². The van der Waals surface area contributed by atoms with E-state index in [-0.39, 0.29) is 24.8 Å². The minimum absolute atomic E-state index is 0.160. The summed E-state index contributed by atoms with van der Waals surface area (Å²) in [6, 6.07) is 3.68. The van der Waals surface area contributed by atoms with Crippen molar-refractivity contribution in [1.29, 1.82) is 5.26 Å². The van der Waals surface area contributed by atoms with Gasteiger partial charge in [-0.1, -0.05) is 0 Å². The first-order valence-electron chi connectivity index (χ1n) is 10.1. The average Bonchev–Trinajstić information content (AvgIpc) is 3.33. The first-order chi connectivity index (χ1) is 14.2. The number of likely N-dealkylation sites (tertiary alicyclic amines) is 2. The summed E-state index contributed by atoms with van der Waals surface area (Å²) in [6.07, 6.45) is 4.10. The molecule has 1 aromatic rings. The Labute approximate surface area is 176 Å². The van der Waals surface area contributed by atoms with Gasteiger partial charge in [0.2, 0.25) is 5.91 Å². The summed E-state index contributed by atoms with van der Waals surface area (Å²) in [5.74, 6) is -0.568. The first-order valence-corrected chi connectivity index (χ1v) is 10.1. The van der Waals surface area contributed by atoms with E-state index in [1.165, 1.54) is 22.2 Å². The number of nitriles is 1. The zero-order chi connectivity index (χ0) is 21.9. The van der Waals surface area contributed by atoms with E-state index in [1.807, 2.05) is 0 Å². The summed E-state index contributed by atoms with van der Waals surface area (Å²) < 4.78 is 5.49. The molecule has 0 saturated carbocycles. The van der Waals surface area contributed by atoms with Gasteiger partial charge in [0.05, 0.1) is 6.07 Å². The number of hydrogen-bond acceptors (Lipinski definition) is 6. The van der Waals surface area contributed by atoms with Crippen LogP contribution in [0.1, 0.15) is 50.4 Å². The number of aromatic nitrogens is 1. The van der Waals surface area contributed by atoms with Crippen LogP contribution in [-0.4, -0.2) is 69.5 Å². The van der Waals surface area contributed by atoms with Crippen molar-refractivity contribution >= 4 is 17.9 Å². The standard InChI is InChI=1S/C21H27N5O4/c1-21(2,3)30-20(29)26-13-15(24-18(27)14-6-8-23-9-7-14)11-17(26)19(28)25-10-4-5-16(25)12-22/h6-9,15-17H,4-5,10-11,13H2,1-3H3,(H,24,27)/t15-,16-,17-/m0/s1. The second kappa shape index (κ2) is 8.69.